The number of nitrogens with zero attached hydrogens (tertiary/aromatic N) is 5. The molecule has 0 aliphatic heterocycles. The Morgan fingerprint density at radius 1 is 1.14 bits per heavy atom. The highest BCUT2D eigenvalue weighted by Crippen LogP contribution is 2.32. The van der Waals surface area contributed by atoms with Gasteiger partial charge in [-0.1, -0.05) is 36.4 Å². The first-order valence-corrected chi connectivity index (χ1v) is 8.47. The van der Waals surface area contributed by atoms with E-state index in [1.54, 1.807) is 11.5 Å². The van der Waals surface area contributed by atoms with E-state index in [0.29, 0.717) is 22.9 Å². The molecule has 0 bridgehead atoms. The lowest BCUT2D eigenvalue weighted by Gasteiger charge is -2.14. The van der Waals surface area contributed by atoms with E-state index in [9.17, 15) is 4.79 Å². The number of nitrogens with one attached hydrogen (secondary N) is 1. The molecule has 4 rings (SSSR count). The molecule has 0 aliphatic carbocycles. The lowest BCUT2D eigenvalue weighted by molar-refractivity contribution is 0.0592. The van der Waals surface area contributed by atoms with Crippen LogP contribution in [0.1, 0.15) is 16.3 Å². The number of nitrogen functional groups attached to an aromatic ring is 1. The van der Waals surface area contributed by atoms with Crippen molar-refractivity contribution >= 4 is 11.8 Å². The SMILES string of the molecule is COC(=O)c1c(N)nc(C)n1-c1ccc(-c2ccccc2)cc1-c1nn[nH]n1. The molecule has 0 spiro atoms. The standard InChI is InChI=1S/C19H17N7O2/c1-11-21-17(20)16(19(27)28-2)26(11)15-9-8-13(12-6-4-3-5-7-12)10-14(15)18-22-24-25-23-18/h3-10H,20H2,1-2H3,(H,22,23,24,25). The Labute approximate surface area is 160 Å². The number of benzene rings is 2. The van der Waals surface area contributed by atoms with Crippen molar-refractivity contribution in [1.29, 1.82) is 0 Å². The van der Waals surface area contributed by atoms with Crippen LogP contribution < -0.4 is 5.73 Å². The number of anilines is 1. The van der Waals surface area contributed by atoms with Gasteiger partial charge in [0.1, 0.15) is 5.82 Å². The van der Waals surface area contributed by atoms with Crippen molar-refractivity contribution < 1.29 is 9.53 Å². The van der Waals surface area contributed by atoms with Crippen molar-refractivity contribution in [2.45, 2.75) is 6.92 Å². The zero-order valence-corrected chi connectivity index (χ0v) is 15.2. The number of tetrazole rings is 1. The smallest absolute Gasteiger partial charge is 0.358 e. The first-order chi connectivity index (χ1) is 13.6. The molecule has 0 atom stereocenters. The quantitative estimate of drug-likeness (QED) is 0.525. The second-order valence-corrected chi connectivity index (χ2v) is 6.05. The molecule has 0 aliphatic rings. The van der Waals surface area contributed by atoms with Crippen LogP contribution in [0.15, 0.2) is 48.5 Å². The molecule has 28 heavy (non-hydrogen) atoms. The summed E-state index contributed by atoms with van der Waals surface area (Å²) in [6.07, 6.45) is 0. The monoisotopic (exact) mass is 375 g/mol. The fourth-order valence-electron chi connectivity index (χ4n) is 3.14. The summed E-state index contributed by atoms with van der Waals surface area (Å²) in [6, 6.07) is 15.7. The number of nitrogens with two attached hydrogens (primary N) is 1. The third-order valence-corrected chi connectivity index (χ3v) is 4.38. The number of hydrogen-bond donors (Lipinski definition) is 2. The number of imidazole rings is 1. The third kappa shape index (κ3) is 2.88. The highest BCUT2D eigenvalue weighted by molar-refractivity contribution is 5.94. The number of ether oxygens (including phenoxy) is 1. The summed E-state index contributed by atoms with van der Waals surface area (Å²) in [5, 5.41) is 14.3. The molecule has 0 saturated carbocycles. The number of aromatic amines is 1. The molecular formula is C19H17N7O2. The molecule has 2 heterocycles. The Bertz CT molecular complexity index is 1130. The van der Waals surface area contributed by atoms with Gasteiger partial charge in [-0.25, -0.2) is 9.78 Å². The first-order valence-electron chi connectivity index (χ1n) is 8.47. The fourth-order valence-corrected chi connectivity index (χ4v) is 3.14. The number of carbonyl (C=O) groups excluding carboxylic acids is 1. The summed E-state index contributed by atoms with van der Waals surface area (Å²) in [6.45, 7) is 1.76. The summed E-state index contributed by atoms with van der Waals surface area (Å²) in [5.41, 5.74) is 9.43. The number of hydrogen-bond acceptors (Lipinski definition) is 7. The van der Waals surface area contributed by atoms with E-state index >= 15 is 0 Å². The summed E-state index contributed by atoms with van der Waals surface area (Å²) in [7, 11) is 1.30. The number of methoxy groups -OCH3 is 1. The second-order valence-electron chi connectivity index (χ2n) is 6.05. The van der Waals surface area contributed by atoms with Crippen LogP contribution >= 0.6 is 0 Å². The van der Waals surface area contributed by atoms with Crippen molar-refractivity contribution in [3.8, 4) is 28.2 Å². The Balaban J connectivity index is 1.98. The number of aromatic nitrogens is 6. The van der Waals surface area contributed by atoms with E-state index in [0.717, 1.165) is 11.1 Å². The highest BCUT2D eigenvalue weighted by Gasteiger charge is 2.24. The zero-order chi connectivity index (χ0) is 19.7. The largest absolute Gasteiger partial charge is 0.464 e. The molecule has 2 aromatic heterocycles. The van der Waals surface area contributed by atoms with Gasteiger partial charge in [0.25, 0.3) is 0 Å². The molecule has 3 N–H and O–H groups in total. The van der Waals surface area contributed by atoms with Gasteiger partial charge in [-0.3, -0.25) is 4.57 Å². The maximum atomic E-state index is 12.3. The summed E-state index contributed by atoms with van der Waals surface area (Å²) >= 11 is 0. The molecule has 0 saturated heterocycles. The van der Waals surface area contributed by atoms with E-state index in [-0.39, 0.29) is 11.5 Å². The van der Waals surface area contributed by atoms with Crippen LogP contribution in [0.5, 0.6) is 0 Å². The van der Waals surface area contributed by atoms with Crippen molar-refractivity contribution in [2.75, 3.05) is 12.8 Å². The topological polar surface area (TPSA) is 125 Å². The lowest BCUT2D eigenvalue weighted by atomic mass is 10.0. The minimum Gasteiger partial charge on any atom is -0.464 e. The van der Waals surface area contributed by atoms with Gasteiger partial charge in [0.2, 0.25) is 5.82 Å². The van der Waals surface area contributed by atoms with Gasteiger partial charge < -0.3 is 10.5 Å². The molecule has 140 valence electrons. The maximum Gasteiger partial charge on any atom is 0.358 e. The van der Waals surface area contributed by atoms with Crippen molar-refractivity contribution in [3.63, 3.8) is 0 Å². The second kappa shape index (κ2) is 6.95. The van der Waals surface area contributed by atoms with Crippen LogP contribution in [0.25, 0.3) is 28.2 Å². The maximum absolute atomic E-state index is 12.3. The highest BCUT2D eigenvalue weighted by atomic mass is 16.5. The van der Waals surface area contributed by atoms with Crippen molar-refractivity contribution in [2.24, 2.45) is 0 Å². The van der Waals surface area contributed by atoms with E-state index < -0.39 is 5.97 Å². The number of H-pyrrole nitrogens is 1. The molecule has 0 fully saturated rings. The first kappa shape index (κ1) is 17.4. The summed E-state index contributed by atoms with van der Waals surface area (Å²) < 4.78 is 6.53. The molecule has 9 heteroatoms. The molecule has 2 aromatic carbocycles. The summed E-state index contributed by atoms with van der Waals surface area (Å²) in [4.78, 5) is 16.6. The Morgan fingerprint density at radius 2 is 1.93 bits per heavy atom. The van der Waals surface area contributed by atoms with E-state index in [1.165, 1.54) is 7.11 Å². The number of rotatable bonds is 4. The molecule has 0 radical (unpaired) electrons. The van der Waals surface area contributed by atoms with Gasteiger partial charge in [-0.05, 0) is 35.4 Å². The van der Waals surface area contributed by atoms with Gasteiger partial charge in [0, 0.05) is 5.56 Å². The Kier molecular flexibility index (Phi) is 4.32. The van der Waals surface area contributed by atoms with Crippen LogP contribution in [-0.2, 0) is 4.74 Å². The molecule has 4 aromatic rings. The van der Waals surface area contributed by atoms with Crippen LogP contribution in [0.2, 0.25) is 0 Å². The predicted octanol–water partition coefficient (Wildman–Crippen LogP) is 2.40. The molecule has 0 amide bonds. The number of aryl methyl sites for hydroxylation is 1. The van der Waals surface area contributed by atoms with Crippen molar-refractivity contribution in [3.05, 3.63) is 60.0 Å². The van der Waals surface area contributed by atoms with Crippen molar-refractivity contribution in [1.82, 2.24) is 30.2 Å². The third-order valence-electron chi connectivity index (χ3n) is 4.38. The number of esters is 1. The van der Waals surface area contributed by atoms with Crippen LogP contribution in [0.4, 0.5) is 5.82 Å². The zero-order valence-electron chi connectivity index (χ0n) is 15.2. The van der Waals surface area contributed by atoms with Gasteiger partial charge in [-0.15, -0.1) is 10.2 Å². The Hall–Kier alpha value is -4.01. The fraction of sp³-hybridized carbons (Fsp3) is 0.105. The minimum atomic E-state index is -0.579. The van der Waals surface area contributed by atoms with E-state index in [1.807, 2.05) is 48.5 Å². The molecule has 9 nitrogen and oxygen atoms in total. The van der Waals surface area contributed by atoms with Crippen LogP contribution in [0, 0.1) is 6.92 Å². The van der Waals surface area contributed by atoms with Gasteiger partial charge in [0.15, 0.2) is 11.5 Å². The minimum absolute atomic E-state index is 0.0931. The normalized spacial score (nSPS) is 10.8. The summed E-state index contributed by atoms with van der Waals surface area (Å²) in [5.74, 6) is 0.435. The van der Waals surface area contributed by atoms with E-state index in [2.05, 4.69) is 25.6 Å². The van der Waals surface area contributed by atoms with Gasteiger partial charge in [-0.2, -0.15) is 5.21 Å². The van der Waals surface area contributed by atoms with Crippen LogP contribution in [0.3, 0.4) is 0 Å². The lowest BCUT2D eigenvalue weighted by Crippen LogP contribution is -2.13. The van der Waals surface area contributed by atoms with Gasteiger partial charge >= 0.3 is 5.97 Å². The average Bonchev–Trinajstić information content (AvgIpc) is 3.35. The van der Waals surface area contributed by atoms with Crippen LogP contribution in [-0.4, -0.2) is 43.3 Å². The number of carbonyl (C=O) groups is 1. The predicted molar refractivity (Wildman–Crippen MR) is 103 cm³/mol. The van der Waals surface area contributed by atoms with Gasteiger partial charge in [0.05, 0.1) is 12.8 Å². The molecule has 0 unspecified atom stereocenters. The Morgan fingerprint density at radius 3 is 2.61 bits per heavy atom. The average molecular weight is 375 g/mol. The van der Waals surface area contributed by atoms with E-state index in [4.69, 9.17) is 10.5 Å². The molecular weight excluding hydrogens is 358 g/mol.